The number of hydrogen-bond acceptors (Lipinski definition) is 4. The summed E-state index contributed by atoms with van der Waals surface area (Å²) in [5, 5.41) is 9.89. The standard InChI is InChI=1S/C13H20F3N3O/c1-17-6-8-19(9-7-17)12(13(14,15)16)11-10(20)4-3-5-18(11)2/h3-5,11-12,20H,6-9H2,1-2H3. The molecule has 0 saturated carbocycles. The molecule has 4 nitrogen and oxygen atoms in total. The molecule has 114 valence electrons. The highest BCUT2D eigenvalue weighted by Gasteiger charge is 2.51. The molecule has 1 fully saturated rings. The zero-order valence-electron chi connectivity index (χ0n) is 11.6. The summed E-state index contributed by atoms with van der Waals surface area (Å²) in [5.74, 6) is -0.240. The molecule has 2 aliphatic heterocycles. The highest BCUT2D eigenvalue weighted by atomic mass is 19.4. The van der Waals surface area contributed by atoms with Crippen molar-refractivity contribution >= 4 is 0 Å². The van der Waals surface area contributed by atoms with Gasteiger partial charge in [-0.05, 0) is 25.4 Å². The summed E-state index contributed by atoms with van der Waals surface area (Å²) in [6.07, 6.45) is 0.0454. The van der Waals surface area contributed by atoms with Crippen LogP contribution in [0, 0.1) is 0 Å². The number of piperazine rings is 1. The number of nitrogens with zero attached hydrogens (tertiary/aromatic N) is 3. The Bertz CT molecular complexity index is 400. The molecule has 20 heavy (non-hydrogen) atoms. The van der Waals surface area contributed by atoms with Crippen LogP contribution in [0.25, 0.3) is 0 Å². The van der Waals surface area contributed by atoms with Gasteiger partial charge in [0.15, 0.2) is 0 Å². The first kappa shape index (κ1) is 15.2. The fraction of sp³-hybridized carbons (Fsp3) is 0.692. The number of aliphatic hydroxyl groups is 1. The predicted molar refractivity (Wildman–Crippen MR) is 70.3 cm³/mol. The Morgan fingerprint density at radius 1 is 1.20 bits per heavy atom. The molecule has 2 rings (SSSR count). The van der Waals surface area contributed by atoms with Crippen molar-refractivity contribution in [3.05, 3.63) is 24.1 Å². The van der Waals surface area contributed by atoms with Gasteiger partial charge in [-0.3, -0.25) is 4.90 Å². The molecule has 0 amide bonds. The smallest absolute Gasteiger partial charge is 0.406 e. The molecule has 2 heterocycles. The molecule has 0 spiro atoms. The van der Waals surface area contributed by atoms with Crippen molar-refractivity contribution < 1.29 is 18.3 Å². The van der Waals surface area contributed by atoms with E-state index in [0.29, 0.717) is 26.2 Å². The number of aliphatic hydroxyl groups excluding tert-OH is 1. The van der Waals surface area contributed by atoms with Gasteiger partial charge in [0.05, 0.1) is 0 Å². The Hall–Kier alpha value is -1.21. The van der Waals surface area contributed by atoms with Gasteiger partial charge >= 0.3 is 6.18 Å². The first-order valence-corrected chi connectivity index (χ1v) is 6.59. The second kappa shape index (κ2) is 5.65. The maximum absolute atomic E-state index is 13.5. The summed E-state index contributed by atoms with van der Waals surface area (Å²) in [6.45, 7) is 1.90. The number of allylic oxidation sites excluding steroid dienone is 2. The number of likely N-dealkylation sites (N-methyl/N-ethyl adjacent to an activating group) is 2. The molecule has 2 unspecified atom stereocenters. The maximum atomic E-state index is 13.5. The zero-order chi connectivity index (χ0) is 14.9. The van der Waals surface area contributed by atoms with Crippen molar-refractivity contribution in [2.24, 2.45) is 0 Å². The largest absolute Gasteiger partial charge is 0.510 e. The topological polar surface area (TPSA) is 30.0 Å². The third kappa shape index (κ3) is 3.09. The van der Waals surface area contributed by atoms with Crippen LogP contribution in [0.5, 0.6) is 0 Å². The molecule has 2 aliphatic rings. The molecule has 2 atom stereocenters. The van der Waals surface area contributed by atoms with E-state index in [1.807, 2.05) is 11.9 Å². The van der Waals surface area contributed by atoms with Crippen molar-refractivity contribution in [1.29, 1.82) is 0 Å². The van der Waals surface area contributed by atoms with Gasteiger partial charge < -0.3 is 14.9 Å². The number of halogens is 3. The van der Waals surface area contributed by atoms with Crippen molar-refractivity contribution in [2.45, 2.75) is 18.3 Å². The fourth-order valence-electron chi connectivity index (χ4n) is 2.75. The van der Waals surface area contributed by atoms with E-state index >= 15 is 0 Å². The minimum atomic E-state index is -4.39. The lowest BCUT2D eigenvalue weighted by atomic mass is 9.99. The van der Waals surface area contributed by atoms with Crippen molar-refractivity contribution in [2.75, 3.05) is 40.3 Å². The molecule has 0 radical (unpaired) electrons. The van der Waals surface area contributed by atoms with E-state index in [-0.39, 0.29) is 5.76 Å². The van der Waals surface area contributed by atoms with Crippen molar-refractivity contribution in [1.82, 2.24) is 14.7 Å². The third-order valence-electron chi connectivity index (χ3n) is 3.90. The fourth-order valence-corrected chi connectivity index (χ4v) is 2.75. The molecule has 0 bridgehead atoms. The normalized spacial score (nSPS) is 27.6. The van der Waals surface area contributed by atoms with Crippen LogP contribution >= 0.6 is 0 Å². The highest BCUT2D eigenvalue weighted by Crippen LogP contribution is 2.33. The average molecular weight is 291 g/mol. The first-order chi connectivity index (χ1) is 9.30. The van der Waals surface area contributed by atoms with Gasteiger partial charge in [0, 0.05) is 33.2 Å². The van der Waals surface area contributed by atoms with E-state index < -0.39 is 18.3 Å². The molecular weight excluding hydrogens is 271 g/mol. The summed E-state index contributed by atoms with van der Waals surface area (Å²) >= 11 is 0. The Morgan fingerprint density at radius 3 is 2.30 bits per heavy atom. The van der Waals surface area contributed by atoms with Gasteiger partial charge in [0.2, 0.25) is 0 Å². The molecule has 1 N–H and O–H groups in total. The van der Waals surface area contributed by atoms with Gasteiger partial charge in [0.25, 0.3) is 0 Å². The summed E-state index contributed by atoms with van der Waals surface area (Å²) in [4.78, 5) is 4.85. The van der Waals surface area contributed by atoms with Gasteiger partial charge in [0.1, 0.15) is 17.8 Å². The van der Waals surface area contributed by atoms with Gasteiger partial charge in [-0.2, -0.15) is 13.2 Å². The van der Waals surface area contributed by atoms with Crippen LogP contribution in [0.15, 0.2) is 24.1 Å². The monoisotopic (exact) mass is 291 g/mol. The van der Waals surface area contributed by atoms with Crippen LogP contribution in [-0.2, 0) is 0 Å². The lowest BCUT2D eigenvalue weighted by Crippen LogP contribution is -2.61. The Kier molecular flexibility index (Phi) is 4.29. The second-order valence-electron chi connectivity index (χ2n) is 5.37. The lowest BCUT2D eigenvalue weighted by Gasteiger charge is -2.44. The van der Waals surface area contributed by atoms with E-state index in [4.69, 9.17) is 0 Å². The van der Waals surface area contributed by atoms with Crippen LogP contribution in [0.4, 0.5) is 13.2 Å². The predicted octanol–water partition coefficient (Wildman–Crippen LogP) is 1.43. The van der Waals surface area contributed by atoms with Crippen LogP contribution < -0.4 is 0 Å². The van der Waals surface area contributed by atoms with Crippen molar-refractivity contribution in [3.8, 4) is 0 Å². The molecule has 0 aromatic heterocycles. The van der Waals surface area contributed by atoms with Crippen LogP contribution in [0.1, 0.15) is 0 Å². The average Bonchev–Trinajstić information content (AvgIpc) is 2.34. The summed E-state index contributed by atoms with van der Waals surface area (Å²) < 4.78 is 40.5. The van der Waals surface area contributed by atoms with E-state index in [1.54, 1.807) is 19.3 Å². The minimum absolute atomic E-state index is 0.240. The Balaban J connectivity index is 2.24. The zero-order valence-corrected chi connectivity index (χ0v) is 11.6. The number of hydrogen-bond donors (Lipinski definition) is 1. The number of alkyl halides is 3. The van der Waals surface area contributed by atoms with E-state index in [9.17, 15) is 18.3 Å². The molecule has 1 saturated heterocycles. The molecule has 7 heteroatoms. The van der Waals surface area contributed by atoms with E-state index in [2.05, 4.69) is 0 Å². The molecule has 0 aromatic carbocycles. The Labute approximate surface area is 116 Å². The quantitative estimate of drug-likeness (QED) is 0.834. The molecule has 0 aliphatic carbocycles. The Morgan fingerprint density at radius 2 is 1.80 bits per heavy atom. The third-order valence-corrected chi connectivity index (χ3v) is 3.90. The summed E-state index contributed by atoms with van der Waals surface area (Å²) in [6, 6.07) is -2.77. The van der Waals surface area contributed by atoms with Gasteiger partial charge in [-0.25, -0.2) is 0 Å². The lowest BCUT2D eigenvalue weighted by molar-refractivity contribution is -0.200. The molecule has 0 aromatic rings. The highest BCUT2D eigenvalue weighted by molar-refractivity contribution is 5.21. The van der Waals surface area contributed by atoms with E-state index in [1.165, 1.54) is 15.9 Å². The number of rotatable bonds is 2. The van der Waals surface area contributed by atoms with Crippen LogP contribution in [-0.4, -0.2) is 78.3 Å². The molecular formula is C13H20F3N3O. The van der Waals surface area contributed by atoms with E-state index in [0.717, 1.165) is 0 Å². The van der Waals surface area contributed by atoms with Gasteiger partial charge in [-0.1, -0.05) is 0 Å². The van der Waals surface area contributed by atoms with Crippen LogP contribution in [0.2, 0.25) is 0 Å². The maximum Gasteiger partial charge on any atom is 0.406 e. The van der Waals surface area contributed by atoms with Crippen LogP contribution in [0.3, 0.4) is 0 Å². The first-order valence-electron chi connectivity index (χ1n) is 6.59. The minimum Gasteiger partial charge on any atom is -0.510 e. The van der Waals surface area contributed by atoms with Crippen molar-refractivity contribution in [3.63, 3.8) is 0 Å². The summed E-state index contributed by atoms with van der Waals surface area (Å²) in [5.41, 5.74) is 0. The summed E-state index contributed by atoms with van der Waals surface area (Å²) in [7, 11) is 3.45. The SMILES string of the molecule is CN1CCN(C(C2C(O)=CC=CN2C)C(F)(F)F)CC1. The second-order valence-corrected chi connectivity index (χ2v) is 5.37. The van der Waals surface area contributed by atoms with Gasteiger partial charge in [-0.15, -0.1) is 0 Å².